The fourth-order valence-electron chi connectivity index (χ4n) is 5.05. The number of nitrogens with one attached hydrogen (secondary N) is 2. The van der Waals surface area contributed by atoms with E-state index in [1.807, 2.05) is 12.1 Å². The Morgan fingerprint density at radius 2 is 1.67 bits per heavy atom. The highest BCUT2D eigenvalue weighted by atomic mass is 127. The number of piperidine rings is 2. The first-order valence-corrected chi connectivity index (χ1v) is 13.3. The Morgan fingerprint density at radius 3 is 2.36 bits per heavy atom. The predicted molar refractivity (Wildman–Crippen MR) is 140 cm³/mol. The highest BCUT2D eigenvalue weighted by Gasteiger charge is 2.44. The summed E-state index contributed by atoms with van der Waals surface area (Å²) >= 11 is 2.23. The summed E-state index contributed by atoms with van der Waals surface area (Å²) in [4.78, 5) is 38.0. The van der Waals surface area contributed by atoms with Crippen molar-refractivity contribution in [2.45, 2.75) is 51.4 Å². The molecule has 3 heterocycles. The molecule has 2 N–H and O–H groups in total. The number of benzene rings is 1. The molecule has 8 nitrogen and oxygen atoms in total. The number of hydrogen-bond donors (Lipinski definition) is 2. The summed E-state index contributed by atoms with van der Waals surface area (Å²) in [5, 5.41) is 0. The molecule has 2 amide bonds. The number of halogens is 3. The van der Waals surface area contributed by atoms with Crippen LogP contribution in [-0.2, 0) is 0 Å². The Morgan fingerprint density at radius 1 is 0.944 bits per heavy atom. The zero-order valence-electron chi connectivity index (χ0n) is 20.1. The maximum atomic E-state index is 13.9. The number of amides is 2. The second-order valence-corrected chi connectivity index (χ2v) is 11.4. The van der Waals surface area contributed by atoms with Gasteiger partial charge in [0.15, 0.2) is 0 Å². The summed E-state index contributed by atoms with van der Waals surface area (Å²) in [5.41, 5.74) is 7.26. The van der Waals surface area contributed by atoms with Crippen LogP contribution in [0.4, 0.5) is 20.4 Å². The summed E-state index contributed by atoms with van der Waals surface area (Å²) in [7, 11) is 0. The number of hydrogen-bond acceptors (Lipinski definition) is 6. The minimum atomic E-state index is -2.82. The number of nitrogens with zero attached hydrogens (tertiary/aromatic N) is 4. The van der Waals surface area contributed by atoms with Gasteiger partial charge in [0.25, 0.3) is 17.7 Å². The first-order chi connectivity index (χ1) is 17.1. The molecule has 1 saturated carbocycles. The average molecular weight is 610 g/mol. The van der Waals surface area contributed by atoms with Gasteiger partial charge < -0.3 is 9.80 Å². The van der Waals surface area contributed by atoms with E-state index in [9.17, 15) is 18.4 Å². The van der Waals surface area contributed by atoms with E-state index in [2.05, 4.69) is 48.3 Å². The third-order valence-corrected chi connectivity index (χ3v) is 8.04. The topological polar surface area (TPSA) is 90.5 Å². The fourth-order valence-corrected chi connectivity index (χ4v) is 5.52. The number of carbonyl (C=O) groups excluding carboxylic acids is 2. The van der Waals surface area contributed by atoms with Crippen molar-refractivity contribution in [2.24, 2.45) is 5.41 Å². The van der Waals surface area contributed by atoms with E-state index < -0.39 is 24.3 Å². The molecule has 1 aromatic heterocycles. The van der Waals surface area contributed by atoms with Gasteiger partial charge in [-0.2, -0.15) is 0 Å². The van der Waals surface area contributed by atoms with Crippen LogP contribution < -0.4 is 20.7 Å². The average Bonchev–Trinajstić information content (AvgIpc) is 3.60. The summed E-state index contributed by atoms with van der Waals surface area (Å²) in [6.45, 7) is 3.40. The summed E-state index contributed by atoms with van der Waals surface area (Å²) in [6.07, 6.45) is 5.02. The summed E-state index contributed by atoms with van der Waals surface area (Å²) in [6, 6.07) is 7.09. The first kappa shape index (κ1) is 25.1. The Kier molecular flexibility index (Phi) is 6.77. The zero-order chi connectivity index (χ0) is 25.5. The Hall–Kier alpha value is -2.57. The molecule has 0 atom stereocenters. The molecule has 3 aliphatic rings. The minimum absolute atomic E-state index is 0.000264. The molecule has 11 heteroatoms. The van der Waals surface area contributed by atoms with Crippen LogP contribution in [0.3, 0.4) is 0 Å². The van der Waals surface area contributed by atoms with Crippen LogP contribution in [0.15, 0.2) is 24.3 Å². The molecule has 1 aromatic carbocycles. The molecule has 0 bridgehead atoms. The molecule has 0 radical (unpaired) electrons. The lowest BCUT2D eigenvalue weighted by atomic mass is 9.93. The van der Waals surface area contributed by atoms with Crippen LogP contribution >= 0.6 is 22.6 Å². The van der Waals surface area contributed by atoms with Gasteiger partial charge in [-0.05, 0) is 91.3 Å². The van der Waals surface area contributed by atoms with E-state index in [4.69, 9.17) is 0 Å². The van der Waals surface area contributed by atoms with Gasteiger partial charge >= 0.3 is 0 Å². The van der Waals surface area contributed by atoms with Crippen LogP contribution in [0.2, 0.25) is 0 Å². The van der Waals surface area contributed by atoms with Gasteiger partial charge in [0.1, 0.15) is 5.69 Å². The van der Waals surface area contributed by atoms with Crippen molar-refractivity contribution in [3.8, 4) is 0 Å². The Bertz CT molecular complexity index is 1180. The van der Waals surface area contributed by atoms with Gasteiger partial charge in [0.2, 0.25) is 5.95 Å². The third-order valence-electron chi connectivity index (χ3n) is 7.37. The lowest BCUT2D eigenvalue weighted by molar-refractivity contribution is -0.0120. The van der Waals surface area contributed by atoms with Crippen LogP contribution in [0.5, 0.6) is 0 Å². The fraction of sp³-hybridized carbons (Fsp3) is 0.520. The zero-order valence-corrected chi connectivity index (χ0v) is 22.3. The molecule has 0 unspecified atom stereocenters. The maximum Gasteiger partial charge on any atom is 0.288 e. The van der Waals surface area contributed by atoms with Gasteiger partial charge in [0.05, 0.1) is 17.8 Å². The van der Waals surface area contributed by atoms with Crippen molar-refractivity contribution in [3.05, 3.63) is 44.8 Å². The van der Waals surface area contributed by atoms with Crippen LogP contribution in [0, 0.1) is 15.9 Å². The normalized spacial score (nSPS) is 20.2. The van der Waals surface area contributed by atoms with Crippen LogP contribution in [0.1, 0.15) is 65.1 Å². The van der Waals surface area contributed by atoms with Gasteiger partial charge in [-0.1, -0.05) is 0 Å². The monoisotopic (exact) mass is 610 g/mol. The van der Waals surface area contributed by atoms with Crippen LogP contribution in [0.25, 0.3) is 0 Å². The molecule has 1 aliphatic carbocycles. The molecule has 5 rings (SSSR count). The van der Waals surface area contributed by atoms with Crippen molar-refractivity contribution in [1.82, 2.24) is 20.8 Å². The third kappa shape index (κ3) is 5.55. The van der Waals surface area contributed by atoms with Crippen LogP contribution in [-0.4, -0.2) is 53.9 Å². The molecule has 192 valence electrons. The van der Waals surface area contributed by atoms with E-state index in [0.29, 0.717) is 29.6 Å². The largest absolute Gasteiger partial charge is 0.371 e. The number of aromatic nitrogens is 2. The van der Waals surface area contributed by atoms with Gasteiger partial charge in [-0.3, -0.25) is 20.4 Å². The smallest absolute Gasteiger partial charge is 0.288 e. The second kappa shape index (κ2) is 9.71. The van der Waals surface area contributed by atoms with E-state index in [-0.39, 0.29) is 18.1 Å². The van der Waals surface area contributed by atoms with E-state index in [0.717, 1.165) is 35.2 Å². The van der Waals surface area contributed by atoms with Crippen molar-refractivity contribution in [1.29, 1.82) is 0 Å². The SMILES string of the molecule is Cc1cc(C(=O)NNC(=O)c2ccc(I)cc2N2CCC3(CC2)CC3)nc(N2CCCC(F)(F)C2)n1. The molecule has 2 aliphatic heterocycles. The molecule has 2 saturated heterocycles. The Labute approximate surface area is 222 Å². The number of alkyl halides is 2. The van der Waals surface area contributed by atoms with Crippen molar-refractivity contribution < 1.29 is 18.4 Å². The van der Waals surface area contributed by atoms with Gasteiger partial charge in [-0.25, -0.2) is 18.7 Å². The molecular formula is C25H29F2IN6O2. The number of anilines is 2. The van der Waals surface area contributed by atoms with Crippen molar-refractivity contribution in [2.75, 3.05) is 36.0 Å². The maximum absolute atomic E-state index is 13.9. The molecule has 36 heavy (non-hydrogen) atoms. The lowest BCUT2D eigenvalue weighted by Crippen LogP contribution is -2.44. The van der Waals surface area contributed by atoms with E-state index in [1.54, 1.807) is 13.0 Å². The summed E-state index contributed by atoms with van der Waals surface area (Å²) < 4.78 is 28.8. The number of rotatable bonds is 4. The molecule has 2 aromatic rings. The van der Waals surface area contributed by atoms with E-state index >= 15 is 0 Å². The first-order valence-electron chi connectivity index (χ1n) is 12.3. The quantitative estimate of drug-likeness (QED) is 0.401. The minimum Gasteiger partial charge on any atom is -0.371 e. The molecule has 3 fully saturated rings. The number of aryl methyl sites for hydroxylation is 1. The predicted octanol–water partition coefficient (Wildman–Crippen LogP) is 4.08. The number of carbonyl (C=O) groups is 2. The second-order valence-electron chi connectivity index (χ2n) is 10.1. The van der Waals surface area contributed by atoms with Crippen molar-refractivity contribution >= 4 is 46.0 Å². The Balaban J connectivity index is 1.27. The lowest BCUT2D eigenvalue weighted by Gasteiger charge is -2.35. The van der Waals surface area contributed by atoms with E-state index in [1.165, 1.54) is 23.8 Å². The highest BCUT2D eigenvalue weighted by molar-refractivity contribution is 14.1. The number of hydrazine groups is 1. The molecule has 1 spiro atoms. The van der Waals surface area contributed by atoms with Crippen molar-refractivity contribution in [3.63, 3.8) is 0 Å². The van der Waals surface area contributed by atoms with Gasteiger partial charge in [0, 0.05) is 35.3 Å². The summed E-state index contributed by atoms with van der Waals surface area (Å²) in [5.74, 6) is -3.80. The van der Waals surface area contributed by atoms with Gasteiger partial charge in [-0.15, -0.1) is 0 Å². The molecular weight excluding hydrogens is 581 g/mol. The highest BCUT2D eigenvalue weighted by Crippen LogP contribution is 2.54. The standard InChI is InChI=1S/C25H29F2IN6O2/c1-16-13-19(30-23(29-16)34-10-2-5-25(26,27)15-34)22(36)32-31-21(35)18-4-3-17(28)14-20(18)33-11-8-24(6-7-24)9-12-33/h3-4,13-14H,2,5-12,15H2,1H3,(H,31,35)(H,32,36).